The highest BCUT2D eigenvalue weighted by Gasteiger charge is 2.29. The minimum atomic E-state index is 0.290. The topological polar surface area (TPSA) is 48.8 Å². The second kappa shape index (κ2) is 8.10. The zero-order valence-electron chi connectivity index (χ0n) is 18.0. The smallest absolute Gasteiger partial charge is 0.196 e. The summed E-state index contributed by atoms with van der Waals surface area (Å²) in [4.78, 5) is 9.86. The van der Waals surface area contributed by atoms with Crippen molar-refractivity contribution in [2.24, 2.45) is 9.98 Å². The van der Waals surface area contributed by atoms with E-state index in [-0.39, 0.29) is 0 Å². The van der Waals surface area contributed by atoms with Crippen LogP contribution in [0.15, 0.2) is 46.4 Å². The first-order valence-electron chi connectivity index (χ1n) is 11.0. The molecule has 2 heterocycles. The van der Waals surface area contributed by atoms with Gasteiger partial charge in [-0.25, -0.2) is 4.99 Å². The first-order chi connectivity index (χ1) is 14.5. The molecule has 4 nitrogen and oxygen atoms in total. The maximum Gasteiger partial charge on any atom is 0.196 e. The average molecular weight is 419 g/mol. The fraction of sp³-hybridized carbons (Fsp3) is 0.440. The zero-order valence-corrected chi connectivity index (χ0v) is 18.9. The standard InChI is InChI=1S/C25H30N4S/c1-15-4-6-18(7-5-15)23-14-30-24(28-23)12-19-10-17(3)22(11-16(19)2)29-25-26-20-8-9-21(13-20)27-25/h4-7,10-11,20-21,23H,8-9,12-14H2,1-3H3,(H2,26,27,29). The molecule has 5 heteroatoms. The first kappa shape index (κ1) is 19.7. The van der Waals surface area contributed by atoms with Crippen molar-refractivity contribution in [1.82, 2.24) is 5.32 Å². The Morgan fingerprint density at radius 3 is 2.67 bits per heavy atom. The summed E-state index contributed by atoms with van der Waals surface area (Å²) in [6, 6.07) is 14.8. The maximum absolute atomic E-state index is 5.03. The maximum atomic E-state index is 5.03. The molecule has 0 saturated heterocycles. The molecule has 2 aliphatic heterocycles. The van der Waals surface area contributed by atoms with Crippen LogP contribution in [0.4, 0.5) is 5.69 Å². The third-order valence-corrected chi connectivity index (χ3v) is 7.57. The lowest BCUT2D eigenvalue weighted by molar-refractivity contribution is 0.582. The molecule has 2 N–H and O–H groups in total. The van der Waals surface area contributed by atoms with E-state index >= 15 is 0 Å². The van der Waals surface area contributed by atoms with Gasteiger partial charge in [0.1, 0.15) is 0 Å². The fourth-order valence-electron chi connectivity index (χ4n) is 4.66. The van der Waals surface area contributed by atoms with E-state index in [0.717, 1.165) is 23.8 Å². The number of aliphatic imine (C=N–C) groups is 2. The van der Waals surface area contributed by atoms with Gasteiger partial charge in [0.2, 0.25) is 0 Å². The van der Waals surface area contributed by atoms with Gasteiger partial charge in [0.15, 0.2) is 5.96 Å². The third-order valence-electron chi connectivity index (χ3n) is 6.50. The molecule has 1 saturated carbocycles. The summed E-state index contributed by atoms with van der Waals surface area (Å²) >= 11 is 1.90. The number of anilines is 1. The summed E-state index contributed by atoms with van der Waals surface area (Å²) in [5.74, 6) is 1.99. The van der Waals surface area contributed by atoms with Crippen LogP contribution in [-0.4, -0.2) is 28.8 Å². The summed E-state index contributed by atoms with van der Waals surface area (Å²) in [6.07, 6.45) is 4.55. The van der Waals surface area contributed by atoms with Crippen molar-refractivity contribution in [2.75, 3.05) is 11.1 Å². The van der Waals surface area contributed by atoms with E-state index in [0.29, 0.717) is 18.1 Å². The Kier molecular flexibility index (Phi) is 5.32. The zero-order chi connectivity index (χ0) is 20.7. The summed E-state index contributed by atoms with van der Waals surface area (Å²) in [6.45, 7) is 6.52. The normalized spacial score (nSPS) is 25.0. The molecule has 0 spiro atoms. The number of nitrogens with one attached hydrogen (secondary N) is 2. The molecular formula is C25H30N4S. The minimum Gasteiger partial charge on any atom is -0.353 e. The predicted octanol–water partition coefficient (Wildman–Crippen LogP) is 5.33. The Balaban J connectivity index is 1.29. The monoisotopic (exact) mass is 418 g/mol. The second-order valence-corrected chi connectivity index (χ2v) is 10.0. The van der Waals surface area contributed by atoms with Crippen molar-refractivity contribution in [1.29, 1.82) is 0 Å². The average Bonchev–Trinajstić information content (AvgIpc) is 3.32. The summed E-state index contributed by atoms with van der Waals surface area (Å²) in [5.41, 5.74) is 7.72. The van der Waals surface area contributed by atoms with E-state index in [1.807, 2.05) is 11.8 Å². The fourth-order valence-corrected chi connectivity index (χ4v) is 5.74. The van der Waals surface area contributed by atoms with Gasteiger partial charge in [-0.1, -0.05) is 35.9 Å². The number of thioether (sulfide) groups is 1. The highest BCUT2D eigenvalue weighted by Crippen LogP contribution is 2.33. The number of guanidine groups is 1. The van der Waals surface area contributed by atoms with Crippen LogP contribution in [0.3, 0.4) is 0 Å². The predicted molar refractivity (Wildman–Crippen MR) is 129 cm³/mol. The van der Waals surface area contributed by atoms with Gasteiger partial charge in [-0.2, -0.15) is 0 Å². The van der Waals surface area contributed by atoms with Gasteiger partial charge < -0.3 is 10.6 Å². The van der Waals surface area contributed by atoms with E-state index in [2.05, 4.69) is 67.8 Å². The molecule has 2 aromatic carbocycles. The van der Waals surface area contributed by atoms with Gasteiger partial charge in [0, 0.05) is 23.9 Å². The van der Waals surface area contributed by atoms with E-state index in [1.54, 1.807) is 0 Å². The van der Waals surface area contributed by atoms with E-state index in [9.17, 15) is 0 Å². The molecule has 30 heavy (non-hydrogen) atoms. The summed E-state index contributed by atoms with van der Waals surface area (Å²) in [7, 11) is 0. The van der Waals surface area contributed by atoms with Crippen LogP contribution >= 0.6 is 11.8 Å². The highest BCUT2D eigenvalue weighted by atomic mass is 32.2. The second-order valence-electron chi connectivity index (χ2n) is 8.94. The van der Waals surface area contributed by atoms with E-state index in [1.165, 1.54) is 52.1 Å². The molecule has 2 bridgehead atoms. The van der Waals surface area contributed by atoms with Crippen LogP contribution in [0.2, 0.25) is 0 Å². The van der Waals surface area contributed by atoms with Crippen LogP contribution in [-0.2, 0) is 6.42 Å². The number of hydrogen-bond donors (Lipinski definition) is 2. The van der Waals surface area contributed by atoms with Crippen molar-refractivity contribution in [3.05, 3.63) is 64.2 Å². The molecule has 0 radical (unpaired) electrons. The molecule has 1 fully saturated rings. The lowest BCUT2D eigenvalue weighted by Gasteiger charge is -2.23. The van der Waals surface area contributed by atoms with Crippen LogP contribution in [0, 0.1) is 20.8 Å². The van der Waals surface area contributed by atoms with Gasteiger partial charge >= 0.3 is 0 Å². The Bertz CT molecular complexity index is 1010. The number of aryl methyl sites for hydroxylation is 3. The van der Waals surface area contributed by atoms with Gasteiger partial charge in [-0.3, -0.25) is 4.99 Å². The van der Waals surface area contributed by atoms with E-state index < -0.39 is 0 Å². The van der Waals surface area contributed by atoms with Gasteiger partial charge in [-0.15, -0.1) is 11.8 Å². The van der Waals surface area contributed by atoms with E-state index in [4.69, 9.17) is 9.98 Å². The SMILES string of the molecule is Cc1ccc(C2CSC(Cc3cc(C)c(NC4=NC5CCC(C5)N4)cc3C)=N2)cc1. The van der Waals surface area contributed by atoms with Crippen LogP contribution in [0.5, 0.6) is 0 Å². The molecule has 3 atom stereocenters. The lowest BCUT2D eigenvalue weighted by Crippen LogP contribution is -2.41. The highest BCUT2D eigenvalue weighted by molar-refractivity contribution is 8.14. The summed E-state index contributed by atoms with van der Waals surface area (Å²) in [5, 5.41) is 8.35. The first-order valence-corrected chi connectivity index (χ1v) is 12.0. The lowest BCUT2D eigenvalue weighted by atomic mass is 10.0. The molecule has 1 aliphatic carbocycles. The van der Waals surface area contributed by atoms with Gasteiger partial charge in [0.25, 0.3) is 0 Å². The molecule has 3 aliphatic rings. The Morgan fingerprint density at radius 1 is 1.03 bits per heavy atom. The van der Waals surface area contributed by atoms with Crippen LogP contribution in [0.1, 0.15) is 53.1 Å². The van der Waals surface area contributed by atoms with Crippen LogP contribution in [0.25, 0.3) is 0 Å². The molecule has 3 unspecified atom stereocenters. The van der Waals surface area contributed by atoms with Gasteiger partial charge in [-0.05, 0) is 68.4 Å². The molecule has 156 valence electrons. The Morgan fingerprint density at radius 2 is 1.87 bits per heavy atom. The Labute approximate surface area is 183 Å². The minimum absolute atomic E-state index is 0.290. The number of benzene rings is 2. The molecular weight excluding hydrogens is 388 g/mol. The summed E-state index contributed by atoms with van der Waals surface area (Å²) < 4.78 is 0. The van der Waals surface area contributed by atoms with Crippen molar-refractivity contribution in [3.63, 3.8) is 0 Å². The van der Waals surface area contributed by atoms with Crippen molar-refractivity contribution in [2.45, 2.75) is 64.6 Å². The number of hydrogen-bond acceptors (Lipinski definition) is 5. The molecule has 0 amide bonds. The number of rotatable bonds is 4. The molecule has 2 aromatic rings. The molecule has 5 rings (SSSR count). The Hall–Kier alpha value is -2.27. The third kappa shape index (κ3) is 4.13. The van der Waals surface area contributed by atoms with Crippen molar-refractivity contribution < 1.29 is 0 Å². The number of nitrogens with zero attached hydrogens (tertiary/aromatic N) is 2. The van der Waals surface area contributed by atoms with Crippen molar-refractivity contribution in [3.8, 4) is 0 Å². The largest absolute Gasteiger partial charge is 0.353 e. The van der Waals surface area contributed by atoms with Crippen molar-refractivity contribution >= 4 is 28.5 Å². The van der Waals surface area contributed by atoms with Crippen LogP contribution < -0.4 is 10.6 Å². The molecule has 0 aromatic heterocycles. The number of fused-ring (bicyclic) bond motifs is 2. The quantitative estimate of drug-likeness (QED) is 0.705. The van der Waals surface area contributed by atoms with Gasteiger partial charge in [0.05, 0.1) is 17.1 Å².